The van der Waals surface area contributed by atoms with E-state index in [1.165, 1.54) is 27.5 Å². The van der Waals surface area contributed by atoms with Crippen molar-refractivity contribution in [3.63, 3.8) is 0 Å². The van der Waals surface area contributed by atoms with E-state index in [1.807, 2.05) is 41.3 Å². The summed E-state index contributed by atoms with van der Waals surface area (Å²) in [5.74, 6) is 3.17. The first-order valence-corrected chi connectivity index (χ1v) is 9.62. The van der Waals surface area contributed by atoms with Crippen molar-refractivity contribution < 1.29 is 4.74 Å². The van der Waals surface area contributed by atoms with E-state index in [0.29, 0.717) is 0 Å². The first-order valence-electron chi connectivity index (χ1n) is 6.36. The van der Waals surface area contributed by atoms with Crippen LogP contribution >= 0.6 is 50.6 Å². The third-order valence-electron chi connectivity index (χ3n) is 3.38. The van der Waals surface area contributed by atoms with Gasteiger partial charge in [0.15, 0.2) is 0 Å². The van der Waals surface area contributed by atoms with Crippen molar-refractivity contribution in [3.05, 3.63) is 50.2 Å². The molecule has 1 unspecified atom stereocenters. The van der Waals surface area contributed by atoms with Gasteiger partial charge in [0.1, 0.15) is 5.75 Å². The first-order chi connectivity index (χ1) is 9.69. The van der Waals surface area contributed by atoms with E-state index >= 15 is 0 Å². The van der Waals surface area contributed by atoms with Gasteiger partial charge in [-0.25, -0.2) is 0 Å². The topological polar surface area (TPSA) is 9.23 Å². The summed E-state index contributed by atoms with van der Waals surface area (Å²) < 4.78 is 5.20. The highest BCUT2D eigenvalue weighted by Crippen LogP contribution is 2.42. The SMILES string of the molecule is COc1ccc(C(Br)c2cc3c(s2)CCSC3)c(Cl)c1. The predicted molar refractivity (Wildman–Crippen MR) is 93.0 cm³/mol. The lowest BCUT2D eigenvalue weighted by molar-refractivity contribution is 0.414. The molecule has 0 saturated carbocycles. The van der Waals surface area contributed by atoms with Crippen LogP contribution in [0.3, 0.4) is 0 Å². The molecule has 3 rings (SSSR count). The molecule has 106 valence electrons. The maximum atomic E-state index is 6.37. The molecular formula is C15H14BrClOS2. The Hall–Kier alpha value is -0.160. The van der Waals surface area contributed by atoms with Crippen molar-refractivity contribution in [2.45, 2.75) is 17.0 Å². The summed E-state index contributed by atoms with van der Waals surface area (Å²) in [5, 5.41) is 0.743. The molecule has 0 radical (unpaired) electrons. The molecule has 0 fully saturated rings. The van der Waals surface area contributed by atoms with Crippen LogP contribution in [0.2, 0.25) is 5.02 Å². The zero-order valence-electron chi connectivity index (χ0n) is 11.0. The van der Waals surface area contributed by atoms with Crippen LogP contribution in [-0.4, -0.2) is 12.9 Å². The smallest absolute Gasteiger partial charge is 0.120 e. The first kappa shape index (κ1) is 14.8. The maximum Gasteiger partial charge on any atom is 0.120 e. The van der Waals surface area contributed by atoms with Crippen molar-refractivity contribution in [3.8, 4) is 5.75 Å². The highest BCUT2D eigenvalue weighted by atomic mass is 79.9. The number of fused-ring (bicyclic) bond motifs is 1. The molecule has 1 nitrogen and oxygen atoms in total. The molecule has 0 aliphatic carbocycles. The van der Waals surface area contributed by atoms with Crippen molar-refractivity contribution in [2.24, 2.45) is 0 Å². The molecule has 1 aliphatic rings. The molecule has 2 heterocycles. The van der Waals surface area contributed by atoms with Gasteiger partial charge < -0.3 is 4.74 Å². The number of halogens is 2. The van der Waals surface area contributed by atoms with Gasteiger partial charge in [0.05, 0.1) is 11.9 Å². The van der Waals surface area contributed by atoms with Crippen LogP contribution < -0.4 is 4.74 Å². The van der Waals surface area contributed by atoms with E-state index in [2.05, 4.69) is 22.0 Å². The van der Waals surface area contributed by atoms with E-state index < -0.39 is 0 Å². The van der Waals surface area contributed by atoms with E-state index in [4.69, 9.17) is 16.3 Å². The van der Waals surface area contributed by atoms with E-state index in [0.717, 1.165) is 22.1 Å². The Kier molecular flexibility index (Phi) is 4.65. The van der Waals surface area contributed by atoms with Crippen LogP contribution in [0.25, 0.3) is 0 Å². The highest BCUT2D eigenvalue weighted by Gasteiger charge is 2.20. The van der Waals surface area contributed by atoms with Crippen molar-refractivity contribution in [1.29, 1.82) is 0 Å². The molecule has 1 atom stereocenters. The minimum Gasteiger partial charge on any atom is -0.497 e. The Morgan fingerprint density at radius 1 is 1.35 bits per heavy atom. The van der Waals surface area contributed by atoms with Crippen LogP contribution in [0.15, 0.2) is 24.3 Å². The highest BCUT2D eigenvalue weighted by molar-refractivity contribution is 9.09. The van der Waals surface area contributed by atoms with Crippen molar-refractivity contribution >= 4 is 50.6 Å². The van der Waals surface area contributed by atoms with Gasteiger partial charge in [-0.2, -0.15) is 11.8 Å². The largest absolute Gasteiger partial charge is 0.497 e. The summed E-state index contributed by atoms with van der Waals surface area (Å²) in [7, 11) is 1.65. The molecule has 0 amide bonds. The summed E-state index contributed by atoms with van der Waals surface area (Å²) in [4.78, 5) is 3.03. The quantitative estimate of drug-likeness (QED) is 0.624. The van der Waals surface area contributed by atoms with Gasteiger partial charge >= 0.3 is 0 Å². The fourth-order valence-electron chi connectivity index (χ4n) is 2.29. The number of alkyl halides is 1. The Bertz CT molecular complexity index is 603. The van der Waals surface area contributed by atoms with Gasteiger partial charge in [-0.3, -0.25) is 0 Å². The normalized spacial score (nSPS) is 15.8. The van der Waals surface area contributed by atoms with Gasteiger partial charge in [0.25, 0.3) is 0 Å². The molecule has 1 aromatic heterocycles. The number of thioether (sulfide) groups is 1. The van der Waals surface area contributed by atoms with Crippen molar-refractivity contribution in [2.75, 3.05) is 12.9 Å². The van der Waals surface area contributed by atoms with E-state index in [-0.39, 0.29) is 4.83 Å². The van der Waals surface area contributed by atoms with Gasteiger partial charge in [0.2, 0.25) is 0 Å². The maximum absolute atomic E-state index is 6.37. The van der Waals surface area contributed by atoms with Crippen LogP contribution in [-0.2, 0) is 12.2 Å². The zero-order chi connectivity index (χ0) is 14.1. The second kappa shape index (κ2) is 6.30. The van der Waals surface area contributed by atoms with Crippen LogP contribution in [0, 0.1) is 0 Å². The van der Waals surface area contributed by atoms with E-state index in [9.17, 15) is 0 Å². The molecule has 0 spiro atoms. The van der Waals surface area contributed by atoms with Crippen LogP contribution in [0.1, 0.15) is 25.7 Å². The fraction of sp³-hybridized carbons (Fsp3) is 0.333. The predicted octanol–water partition coefficient (Wildman–Crippen LogP) is 5.68. The minimum atomic E-state index is 0.154. The van der Waals surface area contributed by atoms with Gasteiger partial charge in [-0.15, -0.1) is 11.3 Å². The summed E-state index contributed by atoms with van der Waals surface area (Å²) in [6, 6.07) is 8.19. The number of thiophene rings is 1. The fourth-order valence-corrected chi connectivity index (χ4v) is 5.89. The third kappa shape index (κ3) is 2.89. The third-order valence-corrected chi connectivity index (χ3v) is 7.30. The number of ether oxygens (including phenoxy) is 1. The number of aryl methyl sites for hydroxylation is 1. The Labute approximate surface area is 140 Å². The lowest BCUT2D eigenvalue weighted by Gasteiger charge is -2.11. The minimum absolute atomic E-state index is 0.154. The lowest BCUT2D eigenvalue weighted by atomic mass is 10.1. The average molecular weight is 390 g/mol. The number of hydrogen-bond acceptors (Lipinski definition) is 3. The molecule has 20 heavy (non-hydrogen) atoms. The average Bonchev–Trinajstić information content (AvgIpc) is 2.90. The number of hydrogen-bond donors (Lipinski definition) is 0. The molecule has 1 aliphatic heterocycles. The van der Waals surface area contributed by atoms with Crippen LogP contribution in [0.4, 0.5) is 0 Å². The monoisotopic (exact) mass is 388 g/mol. The molecule has 0 bridgehead atoms. The molecule has 0 N–H and O–H groups in total. The van der Waals surface area contributed by atoms with Gasteiger partial charge in [-0.05, 0) is 41.5 Å². The second-order valence-corrected chi connectivity index (χ2v) is 8.25. The number of rotatable bonds is 3. The number of methoxy groups -OCH3 is 1. The zero-order valence-corrected chi connectivity index (χ0v) is 15.0. The Morgan fingerprint density at radius 3 is 2.90 bits per heavy atom. The molecule has 1 aromatic carbocycles. The summed E-state index contributed by atoms with van der Waals surface area (Å²) in [5.41, 5.74) is 2.59. The lowest BCUT2D eigenvalue weighted by Crippen LogP contribution is -1.96. The van der Waals surface area contributed by atoms with E-state index in [1.54, 1.807) is 7.11 Å². The number of benzene rings is 1. The van der Waals surface area contributed by atoms with Gasteiger partial charge in [0, 0.05) is 20.5 Å². The van der Waals surface area contributed by atoms with Crippen LogP contribution in [0.5, 0.6) is 5.75 Å². The summed E-state index contributed by atoms with van der Waals surface area (Å²) in [6.07, 6.45) is 1.20. The Morgan fingerprint density at radius 2 is 2.20 bits per heavy atom. The standard InChI is InChI=1S/C15H14BrClOS2/c1-18-10-2-3-11(12(17)7-10)15(16)14-6-9-8-19-5-4-13(9)20-14/h2-3,6-7,15H,4-5,8H2,1H3. The summed E-state index contributed by atoms with van der Waals surface area (Å²) in [6.45, 7) is 0. The van der Waals surface area contributed by atoms with Gasteiger partial charge in [-0.1, -0.05) is 33.6 Å². The molecule has 5 heteroatoms. The molecular weight excluding hydrogens is 376 g/mol. The van der Waals surface area contributed by atoms with Crippen molar-refractivity contribution in [1.82, 2.24) is 0 Å². The molecule has 0 saturated heterocycles. The molecule has 2 aromatic rings. The Balaban J connectivity index is 1.92. The summed E-state index contributed by atoms with van der Waals surface area (Å²) >= 11 is 14.1. The second-order valence-electron chi connectivity index (χ2n) is 4.65.